The van der Waals surface area contributed by atoms with Crippen LogP contribution in [0, 0.1) is 23.5 Å². The first-order valence-electron chi connectivity index (χ1n) is 25.8. The van der Waals surface area contributed by atoms with E-state index in [4.69, 9.17) is 37.9 Å². The van der Waals surface area contributed by atoms with Gasteiger partial charge in [-0.2, -0.15) is 0 Å². The van der Waals surface area contributed by atoms with Gasteiger partial charge in [-0.3, -0.25) is 14.5 Å². The first-order valence-corrected chi connectivity index (χ1v) is 25.8. The summed E-state index contributed by atoms with van der Waals surface area (Å²) in [5.41, 5.74) is 4.91. The molecule has 1 saturated heterocycles. The summed E-state index contributed by atoms with van der Waals surface area (Å²) in [6.45, 7) is 9.35. The first kappa shape index (κ1) is 50.4. The monoisotopic (exact) mass is 1010 g/mol. The summed E-state index contributed by atoms with van der Waals surface area (Å²) in [6, 6.07) is 35.6. The average molecular weight is 1010 g/mol. The van der Waals surface area contributed by atoms with Crippen LogP contribution >= 0.6 is 0 Å². The lowest BCUT2D eigenvalue weighted by atomic mass is 10.1. The molecule has 0 bridgehead atoms. The van der Waals surface area contributed by atoms with Gasteiger partial charge in [-0.25, -0.2) is 8.78 Å². The number of phenolic OH excluding ortho intramolecular Hbond substituents is 1. The largest absolute Gasteiger partial charge is 0.508 e. The molecule has 3 fully saturated rings. The number of carbonyl (C=O) groups is 2. The molecule has 0 radical (unpaired) electrons. The smallest absolute Gasteiger partial charge is 0.309 e. The Morgan fingerprint density at radius 1 is 0.581 bits per heavy atom. The Hall–Kier alpha value is -7.16. The van der Waals surface area contributed by atoms with Gasteiger partial charge in [0.25, 0.3) is 0 Å². The van der Waals surface area contributed by atoms with Gasteiger partial charge in [-0.1, -0.05) is 24.3 Å². The van der Waals surface area contributed by atoms with Crippen LogP contribution in [0.25, 0.3) is 0 Å². The van der Waals surface area contributed by atoms with Gasteiger partial charge in [-0.15, -0.1) is 0 Å². The van der Waals surface area contributed by atoms with Crippen LogP contribution in [0.3, 0.4) is 0 Å². The summed E-state index contributed by atoms with van der Waals surface area (Å²) in [4.78, 5) is 26.2. The number of carbonyl (C=O) groups excluding carboxylic acids is 2. The van der Waals surface area contributed by atoms with Crippen LogP contribution in [-0.2, 0) is 36.6 Å². The summed E-state index contributed by atoms with van der Waals surface area (Å²) >= 11 is 0. The predicted octanol–water partition coefficient (Wildman–Crippen LogP) is 12.1. The van der Waals surface area contributed by atoms with Crippen molar-refractivity contribution in [3.8, 4) is 46.0 Å². The third kappa shape index (κ3) is 11.9. The van der Waals surface area contributed by atoms with Crippen molar-refractivity contribution in [1.82, 2.24) is 4.90 Å². The number of nitrogens with zero attached hydrogens (tertiary/aromatic N) is 1. The second-order valence-corrected chi connectivity index (χ2v) is 19.2. The van der Waals surface area contributed by atoms with E-state index in [2.05, 4.69) is 4.90 Å². The highest BCUT2D eigenvalue weighted by atomic mass is 19.1. The van der Waals surface area contributed by atoms with E-state index >= 15 is 4.39 Å². The van der Waals surface area contributed by atoms with E-state index in [-0.39, 0.29) is 53.0 Å². The van der Waals surface area contributed by atoms with Crippen molar-refractivity contribution in [2.75, 3.05) is 52.7 Å². The molecule has 1 heterocycles. The molecule has 12 nitrogen and oxygen atoms in total. The minimum atomic E-state index is -0.401. The number of hydrogen-bond acceptors (Lipinski definition) is 12. The number of phenols is 1. The molecule has 0 amide bonds. The number of hydrogen-bond donors (Lipinski definition) is 1. The van der Waals surface area contributed by atoms with Crippen molar-refractivity contribution < 1.29 is 61.4 Å². The number of esters is 2. The van der Waals surface area contributed by atoms with E-state index < -0.39 is 12.2 Å². The molecule has 4 aliphatic carbocycles. The molecular weight excluding hydrogens is 949 g/mol. The number of ether oxygens (including phenoxy) is 8. The van der Waals surface area contributed by atoms with Gasteiger partial charge in [0.15, 0.2) is 0 Å². The highest BCUT2D eigenvalue weighted by molar-refractivity contribution is 5.78. The maximum absolute atomic E-state index is 15.0. The van der Waals surface area contributed by atoms with Crippen LogP contribution in [0.1, 0.15) is 97.0 Å². The summed E-state index contributed by atoms with van der Waals surface area (Å²) in [7, 11) is 0. The molecule has 6 aromatic carbocycles. The normalized spacial score (nSPS) is 21.2. The van der Waals surface area contributed by atoms with Gasteiger partial charge in [0.05, 0.1) is 38.3 Å². The number of aromatic hydroxyl groups is 1. The molecule has 74 heavy (non-hydrogen) atoms. The zero-order valence-corrected chi connectivity index (χ0v) is 41.6. The molecule has 2 saturated carbocycles. The Morgan fingerprint density at radius 3 is 1.47 bits per heavy atom. The Kier molecular flexibility index (Phi) is 15.6. The Labute approximate surface area is 430 Å². The number of benzene rings is 6. The van der Waals surface area contributed by atoms with Gasteiger partial charge in [-0.05, 0) is 172 Å². The number of rotatable bonds is 18. The van der Waals surface area contributed by atoms with Gasteiger partial charge in [0.1, 0.15) is 76.4 Å². The summed E-state index contributed by atoms with van der Waals surface area (Å²) in [6.07, 6.45) is 3.45. The predicted molar refractivity (Wildman–Crippen MR) is 271 cm³/mol. The van der Waals surface area contributed by atoms with E-state index in [1.807, 2.05) is 86.6 Å². The third-order valence-electron chi connectivity index (χ3n) is 14.3. The molecule has 14 heteroatoms. The van der Waals surface area contributed by atoms with Crippen LogP contribution in [0.15, 0.2) is 121 Å². The molecule has 11 rings (SSSR count). The fourth-order valence-corrected chi connectivity index (χ4v) is 10.3. The third-order valence-corrected chi connectivity index (χ3v) is 14.3. The van der Waals surface area contributed by atoms with Crippen LogP contribution in [0.5, 0.6) is 46.0 Å². The molecule has 1 N–H and O–H groups in total. The number of fused-ring (bicyclic) bond motifs is 2. The second-order valence-electron chi connectivity index (χ2n) is 19.2. The minimum Gasteiger partial charge on any atom is -0.508 e. The van der Waals surface area contributed by atoms with Gasteiger partial charge in [0, 0.05) is 41.9 Å². The minimum absolute atomic E-state index is 0.0555. The Bertz CT molecular complexity index is 2890. The van der Waals surface area contributed by atoms with Gasteiger partial charge in [0.2, 0.25) is 0 Å². The molecule has 0 spiro atoms. The zero-order chi connectivity index (χ0) is 51.1. The van der Waals surface area contributed by atoms with Crippen molar-refractivity contribution in [3.05, 3.63) is 166 Å². The fraction of sp³-hybridized carbons (Fsp3) is 0.367. The Morgan fingerprint density at radius 2 is 1.01 bits per heavy atom. The molecular formula is C60H61F2NO11. The standard InChI is InChI=1S/C33H36FNO6.C27H25FO5/c1-2-38-33(36)28-21-27(28)22-3-5-24(6-4-22)41-31-13-11-26-30(14-12-29(34)32(26)31)40-25-9-7-23(8-10-25)39-20-17-35-15-18-37-19-16-35;1-2-31-27(30)22-15-21(22)16-3-7-18(8-4-16)33-25-13-11-20-24(14-12-23(28)26(20)25)32-19-9-5-17(29)6-10-19/h3-10,12,14,27-28,31H,2,11,13,15-21H2,1H3;3-10,12,14,21-22,25,29H,2,11,13,15H2,1H3/t27-,28+,31-;21-,22+,25-/m11/s1. The molecule has 0 unspecified atom stereocenters. The summed E-state index contributed by atoms with van der Waals surface area (Å²) in [5, 5.41) is 9.46. The summed E-state index contributed by atoms with van der Waals surface area (Å²) < 4.78 is 75.8. The fourth-order valence-electron chi connectivity index (χ4n) is 10.3. The maximum atomic E-state index is 15.0. The lowest BCUT2D eigenvalue weighted by molar-refractivity contribution is -0.145. The van der Waals surface area contributed by atoms with E-state index in [1.54, 1.807) is 36.4 Å². The van der Waals surface area contributed by atoms with Crippen LogP contribution in [-0.4, -0.2) is 74.6 Å². The SMILES string of the molecule is CCOC(=O)[C@H]1C[C@@H]1c1ccc(O[C@@H]2CCc3c(Oc4ccc(O)cc4)ccc(F)c32)cc1.CCOC(=O)[C@H]1C[C@@H]1c1ccc(O[C@@H]2CCc3c(Oc4ccc(OCCN5CCOCC5)cc4)ccc(F)c32)cc1. The van der Waals surface area contributed by atoms with Crippen molar-refractivity contribution in [2.24, 2.45) is 11.8 Å². The van der Waals surface area contributed by atoms with Crippen molar-refractivity contribution in [2.45, 2.75) is 76.4 Å². The van der Waals surface area contributed by atoms with E-state index in [0.717, 1.165) is 73.7 Å². The zero-order valence-electron chi connectivity index (χ0n) is 41.6. The molecule has 386 valence electrons. The summed E-state index contributed by atoms with van der Waals surface area (Å²) in [5.74, 6) is 4.18. The van der Waals surface area contributed by atoms with Crippen molar-refractivity contribution >= 4 is 11.9 Å². The van der Waals surface area contributed by atoms with E-state index in [9.17, 15) is 19.1 Å². The average Bonchev–Trinajstić information content (AvgIpc) is 4.32. The molecule has 6 aromatic rings. The maximum Gasteiger partial charge on any atom is 0.309 e. The highest BCUT2D eigenvalue weighted by Gasteiger charge is 2.46. The van der Waals surface area contributed by atoms with Crippen LogP contribution in [0.2, 0.25) is 0 Å². The van der Waals surface area contributed by atoms with Gasteiger partial charge < -0.3 is 43.0 Å². The van der Waals surface area contributed by atoms with Gasteiger partial charge >= 0.3 is 11.9 Å². The molecule has 0 aromatic heterocycles. The van der Waals surface area contributed by atoms with Crippen LogP contribution in [0.4, 0.5) is 8.78 Å². The molecule has 5 aliphatic rings. The molecule has 1 aliphatic heterocycles. The van der Waals surface area contributed by atoms with Crippen molar-refractivity contribution in [3.63, 3.8) is 0 Å². The molecule has 6 atom stereocenters. The number of halogens is 2. The highest BCUT2D eigenvalue weighted by Crippen LogP contribution is 2.50. The quantitative estimate of drug-likeness (QED) is 0.0822. The van der Waals surface area contributed by atoms with E-state index in [1.165, 1.54) is 12.1 Å². The Balaban J connectivity index is 0.000000173. The van der Waals surface area contributed by atoms with E-state index in [0.29, 0.717) is 91.1 Å². The second kappa shape index (κ2) is 22.9. The topological polar surface area (TPSA) is 131 Å². The lowest BCUT2D eigenvalue weighted by Gasteiger charge is -2.26. The lowest BCUT2D eigenvalue weighted by Crippen LogP contribution is -2.38. The number of morpholine rings is 1. The van der Waals surface area contributed by atoms with Crippen molar-refractivity contribution in [1.29, 1.82) is 0 Å². The first-order chi connectivity index (χ1) is 36.1. The van der Waals surface area contributed by atoms with Crippen LogP contribution < -0.4 is 23.7 Å².